The predicted octanol–water partition coefficient (Wildman–Crippen LogP) is 5.04. The minimum absolute atomic E-state index is 0.00853. The van der Waals surface area contributed by atoms with Crippen LogP contribution < -0.4 is 4.74 Å². The second-order valence-corrected chi connectivity index (χ2v) is 6.81. The summed E-state index contributed by atoms with van der Waals surface area (Å²) < 4.78 is 24.7. The number of aromatic nitrogens is 1. The lowest BCUT2D eigenvalue weighted by Gasteiger charge is -2.19. The topological polar surface area (TPSA) is 52.3 Å². The summed E-state index contributed by atoms with van der Waals surface area (Å²) in [5.74, 6) is 0.0179. The molecule has 0 amide bonds. The fourth-order valence-electron chi connectivity index (χ4n) is 3.52. The van der Waals surface area contributed by atoms with Crippen molar-refractivity contribution in [1.82, 2.24) is 5.16 Å². The van der Waals surface area contributed by atoms with Crippen molar-refractivity contribution in [3.8, 4) is 5.75 Å². The maximum absolute atomic E-state index is 13.9. The molecule has 3 aromatic rings. The molecule has 4 rings (SSSR count). The highest BCUT2D eigenvalue weighted by atomic mass is 19.1. The van der Waals surface area contributed by atoms with Gasteiger partial charge in [0.1, 0.15) is 11.6 Å². The van der Waals surface area contributed by atoms with Crippen LogP contribution in [-0.4, -0.2) is 11.1 Å². The average Bonchev–Trinajstić information content (AvgIpc) is 3.06. The van der Waals surface area contributed by atoms with Crippen LogP contribution in [0, 0.1) is 11.7 Å². The molecular formula is C21H20FNO3. The molecule has 0 unspecified atom stereocenters. The van der Waals surface area contributed by atoms with Gasteiger partial charge in [-0.25, -0.2) is 4.39 Å². The van der Waals surface area contributed by atoms with Crippen molar-refractivity contribution in [3.63, 3.8) is 0 Å². The van der Waals surface area contributed by atoms with Gasteiger partial charge in [0, 0.05) is 17.9 Å². The molecule has 5 heteroatoms. The minimum atomic E-state index is -0.262. The molecule has 0 atom stereocenters. The first-order valence-electron chi connectivity index (χ1n) is 9.04. The molecular weight excluding hydrogens is 333 g/mol. The third-order valence-corrected chi connectivity index (χ3v) is 4.99. The van der Waals surface area contributed by atoms with E-state index in [1.54, 1.807) is 30.3 Å². The summed E-state index contributed by atoms with van der Waals surface area (Å²) in [7, 11) is 0. The predicted molar refractivity (Wildman–Crippen MR) is 95.4 cm³/mol. The second kappa shape index (κ2) is 7.28. The number of esters is 1. The Hall–Kier alpha value is -2.69. The summed E-state index contributed by atoms with van der Waals surface area (Å²) in [6, 6.07) is 11.8. The smallest absolute Gasteiger partial charge is 0.314 e. The molecule has 4 nitrogen and oxygen atoms in total. The van der Waals surface area contributed by atoms with E-state index in [2.05, 4.69) is 5.16 Å². The number of ether oxygens (including phenoxy) is 1. The Morgan fingerprint density at radius 3 is 2.77 bits per heavy atom. The first-order chi connectivity index (χ1) is 12.7. The van der Waals surface area contributed by atoms with E-state index in [1.807, 2.05) is 6.07 Å². The molecule has 26 heavy (non-hydrogen) atoms. The number of hydrogen-bond acceptors (Lipinski definition) is 4. The molecule has 134 valence electrons. The van der Waals surface area contributed by atoms with Gasteiger partial charge in [0.2, 0.25) is 0 Å². The number of nitrogens with zero attached hydrogens (tertiary/aromatic N) is 1. The second-order valence-electron chi connectivity index (χ2n) is 6.81. The van der Waals surface area contributed by atoms with Gasteiger partial charge in [0.05, 0.1) is 11.6 Å². The van der Waals surface area contributed by atoms with Crippen LogP contribution in [0.1, 0.15) is 43.4 Å². The largest absolute Gasteiger partial charge is 0.426 e. The zero-order valence-electron chi connectivity index (χ0n) is 14.4. The van der Waals surface area contributed by atoms with Crippen molar-refractivity contribution in [1.29, 1.82) is 0 Å². The van der Waals surface area contributed by atoms with Crippen LogP contribution in [0.3, 0.4) is 0 Å². The summed E-state index contributed by atoms with van der Waals surface area (Å²) in [6.07, 6.45) is 5.51. The van der Waals surface area contributed by atoms with Gasteiger partial charge in [-0.1, -0.05) is 42.6 Å². The van der Waals surface area contributed by atoms with Crippen molar-refractivity contribution < 1.29 is 18.4 Å². The Morgan fingerprint density at radius 1 is 1.15 bits per heavy atom. The monoisotopic (exact) mass is 353 g/mol. The third-order valence-electron chi connectivity index (χ3n) is 4.99. The number of carbonyl (C=O) groups is 1. The fraction of sp³-hybridized carbons (Fsp3) is 0.333. The van der Waals surface area contributed by atoms with Gasteiger partial charge in [0.15, 0.2) is 5.58 Å². The molecule has 0 aliphatic heterocycles. The van der Waals surface area contributed by atoms with Crippen LogP contribution in [-0.2, 0) is 11.2 Å². The van der Waals surface area contributed by atoms with Gasteiger partial charge in [-0.2, -0.15) is 0 Å². The molecule has 0 bridgehead atoms. The van der Waals surface area contributed by atoms with E-state index in [9.17, 15) is 9.18 Å². The molecule has 0 saturated heterocycles. The van der Waals surface area contributed by atoms with Gasteiger partial charge < -0.3 is 9.26 Å². The Labute approximate surface area is 150 Å². The maximum Gasteiger partial charge on any atom is 0.314 e. The number of hydrogen-bond donors (Lipinski definition) is 0. The number of carbonyl (C=O) groups excluding carboxylic acids is 1. The Bertz CT molecular complexity index is 928. The highest BCUT2D eigenvalue weighted by Crippen LogP contribution is 2.28. The van der Waals surface area contributed by atoms with Crippen molar-refractivity contribution in [3.05, 3.63) is 59.5 Å². The Morgan fingerprint density at radius 2 is 1.96 bits per heavy atom. The van der Waals surface area contributed by atoms with Crippen molar-refractivity contribution in [2.24, 2.45) is 5.92 Å². The van der Waals surface area contributed by atoms with E-state index >= 15 is 0 Å². The first kappa shape index (κ1) is 16.8. The molecule has 0 spiro atoms. The van der Waals surface area contributed by atoms with Crippen LogP contribution in [0.15, 0.2) is 47.0 Å². The molecule has 1 fully saturated rings. The van der Waals surface area contributed by atoms with Crippen LogP contribution in [0.5, 0.6) is 5.75 Å². The van der Waals surface area contributed by atoms with Crippen LogP contribution in [0.4, 0.5) is 4.39 Å². The first-order valence-corrected chi connectivity index (χ1v) is 9.04. The lowest BCUT2D eigenvalue weighted by Crippen LogP contribution is -2.22. The number of halogens is 1. The Balaban J connectivity index is 1.52. The molecule has 1 aliphatic carbocycles. The van der Waals surface area contributed by atoms with Crippen LogP contribution in [0.25, 0.3) is 11.0 Å². The maximum atomic E-state index is 13.9. The number of benzene rings is 2. The quantitative estimate of drug-likeness (QED) is 0.487. The highest BCUT2D eigenvalue weighted by molar-refractivity contribution is 5.82. The van der Waals surface area contributed by atoms with E-state index in [1.165, 1.54) is 12.5 Å². The zero-order chi connectivity index (χ0) is 17.9. The molecule has 2 aromatic carbocycles. The van der Waals surface area contributed by atoms with Crippen molar-refractivity contribution in [2.75, 3.05) is 0 Å². The van der Waals surface area contributed by atoms with Gasteiger partial charge >= 0.3 is 5.97 Å². The summed E-state index contributed by atoms with van der Waals surface area (Å²) in [5.41, 5.74) is 1.76. The van der Waals surface area contributed by atoms with Gasteiger partial charge in [0.25, 0.3) is 0 Å². The zero-order valence-corrected chi connectivity index (χ0v) is 14.4. The third kappa shape index (κ3) is 3.47. The summed E-state index contributed by atoms with van der Waals surface area (Å²) in [6.45, 7) is 0. The van der Waals surface area contributed by atoms with E-state index in [4.69, 9.17) is 9.26 Å². The van der Waals surface area contributed by atoms with Gasteiger partial charge in [-0.3, -0.25) is 4.79 Å². The lowest BCUT2D eigenvalue weighted by atomic mass is 9.89. The molecule has 1 aliphatic rings. The standard InChI is InChI=1S/C21H20FNO3/c22-18-9-5-4-8-15(18)12-19-17-11-10-16(13-20(17)26-23-19)25-21(24)14-6-2-1-3-7-14/h4-5,8-11,13-14H,1-3,6-7,12H2. The van der Waals surface area contributed by atoms with E-state index in [0.29, 0.717) is 29.0 Å². The van der Waals surface area contributed by atoms with Crippen LogP contribution in [0.2, 0.25) is 0 Å². The molecule has 1 aromatic heterocycles. The normalized spacial score (nSPS) is 15.3. The molecule has 1 heterocycles. The van der Waals surface area contributed by atoms with Crippen LogP contribution >= 0.6 is 0 Å². The van der Waals surface area contributed by atoms with Crippen molar-refractivity contribution in [2.45, 2.75) is 38.5 Å². The van der Waals surface area contributed by atoms with E-state index in [-0.39, 0.29) is 17.7 Å². The summed E-state index contributed by atoms with van der Waals surface area (Å²) in [5, 5.41) is 4.86. The fourth-order valence-corrected chi connectivity index (χ4v) is 3.52. The van der Waals surface area contributed by atoms with E-state index < -0.39 is 0 Å². The summed E-state index contributed by atoms with van der Waals surface area (Å²) >= 11 is 0. The summed E-state index contributed by atoms with van der Waals surface area (Å²) in [4.78, 5) is 12.3. The van der Waals surface area contributed by atoms with Gasteiger partial charge in [-0.15, -0.1) is 0 Å². The minimum Gasteiger partial charge on any atom is -0.426 e. The van der Waals surface area contributed by atoms with Gasteiger partial charge in [-0.05, 0) is 36.6 Å². The molecule has 0 radical (unpaired) electrons. The molecule has 1 saturated carbocycles. The lowest BCUT2D eigenvalue weighted by molar-refractivity contribution is -0.139. The number of fused-ring (bicyclic) bond motifs is 1. The Kier molecular flexibility index (Phi) is 4.69. The highest BCUT2D eigenvalue weighted by Gasteiger charge is 2.23. The van der Waals surface area contributed by atoms with E-state index in [0.717, 1.165) is 31.1 Å². The van der Waals surface area contributed by atoms with Crippen molar-refractivity contribution >= 4 is 16.9 Å². The average molecular weight is 353 g/mol. The SMILES string of the molecule is O=C(Oc1ccc2c(Cc3ccccc3F)noc2c1)C1CCCCC1. The molecule has 0 N–H and O–H groups in total. The number of rotatable bonds is 4.